The number of H-pyrrole nitrogens is 2. The first kappa shape index (κ1) is 20.0. The molecule has 0 fully saturated rings. The first-order valence-electron chi connectivity index (χ1n) is 10.5. The molecule has 0 radical (unpaired) electrons. The average Bonchev–Trinajstić information content (AvgIpc) is 3.25. The predicted molar refractivity (Wildman–Crippen MR) is 122 cm³/mol. The minimum absolute atomic E-state index is 0.0229. The summed E-state index contributed by atoms with van der Waals surface area (Å²) in [6.45, 7) is 0.662. The molecule has 5 aromatic rings. The number of ether oxygens (including phenoxy) is 2. The number of aromatic nitrogens is 5. The fourth-order valence-electron chi connectivity index (χ4n) is 4.00. The lowest BCUT2D eigenvalue weighted by Crippen LogP contribution is -2.35. The second-order valence-electron chi connectivity index (χ2n) is 7.73. The third-order valence-corrected chi connectivity index (χ3v) is 5.59. The third-order valence-electron chi connectivity index (χ3n) is 5.59. The molecule has 0 saturated heterocycles. The molecule has 1 aliphatic rings. The number of rotatable bonds is 4. The number of fused-ring (bicyclic) bond motifs is 4. The molecule has 11 heteroatoms. The fraction of sp³-hybridized carbons (Fsp3) is 0.130. The van der Waals surface area contributed by atoms with Gasteiger partial charge in [0.1, 0.15) is 23.9 Å². The van der Waals surface area contributed by atoms with Crippen molar-refractivity contribution < 1.29 is 13.9 Å². The lowest BCUT2D eigenvalue weighted by Gasteiger charge is -2.26. The summed E-state index contributed by atoms with van der Waals surface area (Å²) in [5.74, 6) is 0.903. The van der Waals surface area contributed by atoms with E-state index in [1.54, 1.807) is 6.07 Å². The van der Waals surface area contributed by atoms with Crippen LogP contribution in [0.4, 0.5) is 10.3 Å². The number of nitrogens with zero attached hydrogens (tertiary/aromatic N) is 3. The molecule has 4 heterocycles. The predicted octanol–water partition coefficient (Wildman–Crippen LogP) is 2.34. The molecule has 0 amide bonds. The summed E-state index contributed by atoms with van der Waals surface area (Å²) < 4.78 is 27.4. The Bertz CT molecular complexity index is 1670. The van der Waals surface area contributed by atoms with Crippen LogP contribution in [0.2, 0.25) is 0 Å². The van der Waals surface area contributed by atoms with Crippen LogP contribution in [0.5, 0.6) is 11.5 Å². The minimum atomic E-state index is -0.694. The first-order chi connectivity index (χ1) is 16.6. The van der Waals surface area contributed by atoms with Crippen LogP contribution >= 0.6 is 0 Å². The molecule has 6 rings (SSSR count). The van der Waals surface area contributed by atoms with Crippen molar-refractivity contribution in [2.45, 2.75) is 6.10 Å². The van der Waals surface area contributed by atoms with Crippen LogP contribution in [-0.4, -0.2) is 44.0 Å². The number of hydrogen-bond acceptors (Lipinski definition) is 7. The molecule has 1 atom stereocenters. The van der Waals surface area contributed by atoms with E-state index in [0.29, 0.717) is 30.0 Å². The standard InChI is InChI=1S/C23H17FN6O4/c24-14-5-1-2-6-15(14)30-20-13(19-18(22(30)32)21(31)29-28-19)10-26-23(27-20)25-9-12-11-33-16-7-3-4-8-17(16)34-12/h1-8,10,12H,9,11H2,(H,25,26,27)(H2,28,29,31). The first-order valence-corrected chi connectivity index (χ1v) is 10.5. The number of aromatic amines is 2. The van der Waals surface area contributed by atoms with E-state index in [0.717, 1.165) is 4.57 Å². The molecule has 1 aliphatic heterocycles. The summed E-state index contributed by atoms with van der Waals surface area (Å²) in [5, 5.41) is 8.44. The second-order valence-corrected chi connectivity index (χ2v) is 7.73. The van der Waals surface area contributed by atoms with E-state index in [2.05, 4.69) is 25.5 Å². The SMILES string of the molecule is O=c1[nH][nH]c2c1c(=O)n(-c1ccccc1F)c1nc(NCC3COc4ccccc4O3)ncc21. The molecular weight excluding hydrogens is 443 g/mol. The Morgan fingerprint density at radius 1 is 1.09 bits per heavy atom. The van der Waals surface area contributed by atoms with Gasteiger partial charge < -0.3 is 14.8 Å². The lowest BCUT2D eigenvalue weighted by molar-refractivity contribution is 0.0996. The average molecular weight is 460 g/mol. The zero-order chi connectivity index (χ0) is 23.2. The Morgan fingerprint density at radius 3 is 2.74 bits per heavy atom. The van der Waals surface area contributed by atoms with Crippen molar-refractivity contribution >= 4 is 27.9 Å². The quantitative estimate of drug-likeness (QED) is 0.376. The van der Waals surface area contributed by atoms with Gasteiger partial charge in [0.25, 0.3) is 11.1 Å². The van der Waals surface area contributed by atoms with Gasteiger partial charge in [-0.05, 0) is 24.3 Å². The molecule has 1 unspecified atom stereocenters. The number of hydrogen-bond donors (Lipinski definition) is 3. The van der Waals surface area contributed by atoms with Crippen LogP contribution in [0, 0.1) is 5.82 Å². The number of halogens is 1. The summed E-state index contributed by atoms with van der Waals surface area (Å²) >= 11 is 0. The van der Waals surface area contributed by atoms with Crippen molar-refractivity contribution in [3.63, 3.8) is 0 Å². The Labute approximate surface area is 190 Å². The smallest absolute Gasteiger partial charge is 0.277 e. The Morgan fingerprint density at radius 2 is 1.88 bits per heavy atom. The second kappa shape index (κ2) is 7.73. The van der Waals surface area contributed by atoms with Gasteiger partial charge in [-0.25, -0.2) is 9.37 Å². The molecule has 2 aromatic carbocycles. The summed E-state index contributed by atoms with van der Waals surface area (Å²) in [6.07, 6.45) is 1.17. The monoisotopic (exact) mass is 460 g/mol. The van der Waals surface area contributed by atoms with Crippen molar-refractivity contribution in [2.75, 3.05) is 18.5 Å². The summed E-state index contributed by atoms with van der Waals surface area (Å²) in [6, 6.07) is 13.2. The van der Waals surface area contributed by atoms with Gasteiger partial charge in [0, 0.05) is 6.20 Å². The highest BCUT2D eigenvalue weighted by molar-refractivity contribution is 6.01. The maximum atomic E-state index is 14.7. The van der Waals surface area contributed by atoms with Gasteiger partial charge in [0.2, 0.25) is 5.95 Å². The molecule has 0 saturated carbocycles. The van der Waals surface area contributed by atoms with E-state index in [-0.39, 0.29) is 34.3 Å². The topological polar surface area (TPSA) is 127 Å². The molecule has 0 bridgehead atoms. The van der Waals surface area contributed by atoms with Gasteiger partial charge in [-0.1, -0.05) is 24.3 Å². The summed E-state index contributed by atoms with van der Waals surface area (Å²) in [5.41, 5.74) is -0.930. The van der Waals surface area contributed by atoms with Crippen LogP contribution in [0.1, 0.15) is 0 Å². The maximum absolute atomic E-state index is 14.7. The molecule has 10 nitrogen and oxygen atoms in total. The van der Waals surface area contributed by atoms with Crippen molar-refractivity contribution in [1.29, 1.82) is 0 Å². The highest BCUT2D eigenvalue weighted by atomic mass is 19.1. The molecular formula is C23H17FN6O4. The Kier molecular flexibility index (Phi) is 4.54. The number of anilines is 1. The van der Waals surface area contributed by atoms with Crippen LogP contribution in [0.25, 0.3) is 27.6 Å². The van der Waals surface area contributed by atoms with Gasteiger partial charge in [-0.15, -0.1) is 0 Å². The molecule has 0 spiro atoms. The number of pyridine rings is 1. The largest absolute Gasteiger partial charge is 0.486 e. The Hall–Kier alpha value is -4.67. The van der Waals surface area contributed by atoms with Crippen LogP contribution in [0.15, 0.2) is 64.3 Å². The van der Waals surface area contributed by atoms with E-state index >= 15 is 0 Å². The van der Waals surface area contributed by atoms with Crippen molar-refractivity contribution in [3.8, 4) is 17.2 Å². The van der Waals surface area contributed by atoms with E-state index < -0.39 is 16.9 Å². The van der Waals surface area contributed by atoms with Crippen molar-refractivity contribution in [3.05, 3.63) is 81.3 Å². The highest BCUT2D eigenvalue weighted by Gasteiger charge is 2.22. The van der Waals surface area contributed by atoms with E-state index in [1.165, 1.54) is 24.4 Å². The van der Waals surface area contributed by atoms with E-state index in [1.807, 2.05) is 24.3 Å². The molecule has 3 aromatic heterocycles. The van der Waals surface area contributed by atoms with Crippen molar-refractivity contribution in [1.82, 2.24) is 24.7 Å². The minimum Gasteiger partial charge on any atom is -0.486 e. The molecule has 34 heavy (non-hydrogen) atoms. The van der Waals surface area contributed by atoms with Gasteiger partial charge in [-0.3, -0.25) is 24.4 Å². The van der Waals surface area contributed by atoms with Gasteiger partial charge in [-0.2, -0.15) is 4.98 Å². The van der Waals surface area contributed by atoms with Crippen LogP contribution in [-0.2, 0) is 0 Å². The summed E-state index contributed by atoms with van der Waals surface area (Å²) in [4.78, 5) is 34.3. The summed E-state index contributed by atoms with van der Waals surface area (Å²) in [7, 11) is 0. The molecule has 170 valence electrons. The zero-order valence-electron chi connectivity index (χ0n) is 17.5. The number of para-hydroxylation sites is 3. The van der Waals surface area contributed by atoms with Crippen LogP contribution in [0.3, 0.4) is 0 Å². The van der Waals surface area contributed by atoms with Gasteiger partial charge in [0.15, 0.2) is 17.1 Å². The molecule has 0 aliphatic carbocycles. The van der Waals surface area contributed by atoms with Gasteiger partial charge in [0.05, 0.1) is 23.1 Å². The fourth-order valence-corrected chi connectivity index (χ4v) is 4.00. The van der Waals surface area contributed by atoms with Gasteiger partial charge >= 0.3 is 0 Å². The van der Waals surface area contributed by atoms with Crippen LogP contribution < -0.4 is 25.9 Å². The zero-order valence-corrected chi connectivity index (χ0v) is 17.5. The normalized spacial score (nSPS) is 15.0. The Balaban J connectivity index is 1.42. The maximum Gasteiger partial charge on any atom is 0.277 e. The lowest BCUT2D eigenvalue weighted by atomic mass is 10.2. The van der Waals surface area contributed by atoms with E-state index in [4.69, 9.17) is 9.47 Å². The third kappa shape index (κ3) is 3.17. The number of benzene rings is 2. The van der Waals surface area contributed by atoms with E-state index in [9.17, 15) is 14.0 Å². The molecule has 3 N–H and O–H groups in total. The van der Waals surface area contributed by atoms with Crippen molar-refractivity contribution in [2.24, 2.45) is 0 Å². The number of nitrogens with one attached hydrogen (secondary N) is 3. The highest BCUT2D eigenvalue weighted by Crippen LogP contribution is 2.31.